The fourth-order valence-corrected chi connectivity index (χ4v) is 3.92. The van der Waals surface area contributed by atoms with Crippen LogP contribution in [-0.2, 0) is 17.6 Å². The molecule has 0 atom stereocenters. The Balaban J connectivity index is 1.97. The van der Waals surface area contributed by atoms with Crippen LogP contribution in [0.5, 0.6) is 5.75 Å². The molecule has 0 N–H and O–H groups in total. The van der Waals surface area contributed by atoms with Gasteiger partial charge in [-0.25, -0.2) is 14.5 Å². The van der Waals surface area contributed by atoms with Gasteiger partial charge in [-0.1, -0.05) is 6.07 Å². The van der Waals surface area contributed by atoms with Crippen molar-refractivity contribution in [2.75, 3.05) is 13.7 Å². The third kappa shape index (κ3) is 3.02. The van der Waals surface area contributed by atoms with Crippen molar-refractivity contribution in [3.05, 3.63) is 57.8 Å². The van der Waals surface area contributed by atoms with Crippen LogP contribution >= 0.6 is 15.9 Å². The highest BCUT2D eigenvalue weighted by atomic mass is 79.9. The van der Waals surface area contributed by atoms with E-state index in [-0.39, 0.29) is 0 Å². The zero-order chi connectivity index (χ0) is 19.0. The van der Waals surface area contributed by atoms with Crippen LogP contribution in [0.3, 0.4) is 0 Å². The van der Waals surface area contributed by atoms with Gasteiger partial charge in [0.2, 0.25) is 0 Å². The van der Waals surface area contributed by atoms with Crippen LogP contribution in [-0.4, -0.2) is 34.5 Å². The van der Waals surface area contributed by atoms with E-state index >= 15 is 0 Å². The minimum absolute atomic E-state index is 0.309. The number of benzene rings is 1. The van der Waals surface area contributed by atoms with Gasteiger partial charge in [0.15, 0.2) is 11.5 Å². The summed E-state index contributed by atoms with van der Waals surface area (Å²) in [6.45, 7) is 2.10. The second-order valence-electron chi connectivity index (χ2n) is 6.14. The average molecular weight is 428 g/mol. The molecule has 0 saturated heterocycles. The molecule has 0 unspecified atom stereocenters. The Morgan fingerprint density at radius 1 is 1.30 bits per heavy atom. The number of rotatable bonds is 4. The van der Waals surface area contributed by atoms with E-state index in [1.807, 2.05) is 30.3 Å². The average Bonchev–Trinajstić information content (AvgIpc) is 3.08. The van der Waals surface area contributed by atoms with E-state index in [1.165, 1.54) is 0 Å². The van der Waals surface area contributed by atoms with E-state index in [0.717, 1.165) is 39.0 Å². The smallest absolute Gasteiger partial charge is 0.359 e. The van der Waals surface area contributed by atoms with Crippen LogP contribution in [0, 0.1) is 0 Å². The minimum Gasteiger partial charge on any atom is -0.496 e. The van der Waals surface area contributed by atoms with Crippen molar-refractivity contribution in [1.29, 1.82) is 0 Å². The lowest BCUT2D eigenvalue weighted by Gasteiger charge is -2.20. The predicted octanol–water partition coefficient (Wildman–Crippen LogP) is 3.98. The van der Waals surface area contributed by atoms with Gasteiger partial charge in [0.05, 0.1) is 23.9 Å². The number of methoxy groups -OCH3 is 1. The van der Waals surface area contributed by atoms with Crippen LogP contribution < -0.4 is 4.74 Å². The molecule has 0 bridgehead atoms. The zero-order valence-electron chi connectivity index (χ0n) is 15.0. The first-order chi connectivity index (χ1) is 13.1. The molecule has 0 spiro atoms. The topological polar surface area (TPSA) is 66.2 Å². The van der Waals surface area contributed by atoms with Crippen molar-refractivity contribution in [3.63, 3.8) is 0 Å². The molecular weight excluding hydrogens is 410 g/mol. The Morgan fingerprint density at radius 3 is 2.85 bits per heavy atom. The van der Waals surface area contributed by atoms with E-state index in [2.05, 4.69) is 26.0 Å². The van der Waals surface area contributed by atoms with Gasteiger partial charge in [-0.3, -0.25) is 0 Å². The van der Waals surface area contributed by atoms with Gasteiger partial charge in [0, 0.05) is 17.3 Å². The second kappa shape index (κ2) is 7.15. The molecule has 1 aliphatic rings. The van der Waals surface area contributed by atoms with Crippen LogP contribution in [0.2, 0.25) is 0 Å². The first-order valence-electron chi connectivity index (χ1n) is 8.71. The van der Waals surface area contributed by atoms with Gasteiger partial charge in [-0.05, 0) is 65.5 Å². The molecule has 0 aliphatic heterocycles. The van der Waals surface area contributed by atoms with Gasteiger partial charge < -0.3 is 9.47 Å². The number of aryl methyl sites for hydroxylation is 1. The van der Waals surface area contributed by atoms with Crippen LogP contribution in [0.25, 0.3) is 17.1 Å². The number of hydrogen-bond acceptors (Lipinski definition) is 5. The standard InChI is InChI=1S/C20H18BrN3O3/c1-3-27-20(25)18-13-8-7-12-10-16(26-2)15(21)11-14(12)19(13)24(23-18)17-6-4-5-9-22-17/h4-6,9-11H,3,7-8H2,1-2H3. The number of fused-ring (bicyclic) bond motifs is 3. The number of aromatic nitrogens is 3. The fourth-order valence-electron chi connectivity index (χ4n) is 3.41. The van der Waals surface area contributed by atoms with E-state index in [9.17, 15) is 4.79 Å². The Labute approximate surface area is 165 Å². The van der Waals surface area contributed by atoms with Crippen molar-refractivity contribution < 1.29 is 14.3 Å². The Bertz CT molecular complexity index is 1020. The zero-order valence-corrected chi connectivity index (χ0v) is 16.6. The maximum absolute atomic E-state index is 12.5. The third-order valence-corrected chi connectivity index (χ3v) is 5.22. The third-order valence-electron chi connectivity index (χ3n) is 4.60. The summed E-state index contributed by atoms with van der Waals surface area (Å²) >= 11 is 3.57. The monoisotopic (exact) mass is 427 g/mol. The van der Waals surface area contributed by atoms with Crippen molar-refractivity contribution in [1.82, 2.24) is 14.8 Å². The van der Waals surface area contributed by atoms with E-state index in [0.29, 0.717) is 24.5 Å². The Kier molecular flexibility index (Phi) is 4.70. The number of halogens is 1. The number of pyridine rings is 1. The summed E-state index contributed by atoms with van der Waals surface area (Å²) in [7, 11) is 1.65. The normalized spacial score (nSPS) is 12.3. The van der Waals surface area contributed by atoms with Gasteiger partial charge in [0.1, 0.15) is 5.75 Å². The molecule has 7 heteroatoms. The number of esters is 1. The molecule has 0 fully saturated rings. The van der Waals surface area contributed by atoms with Gasteiger partial charge >= 0.3 is 5.97 Å². The van der Waals surface area contributed by atoms with E-state index < -0.39 is 5.97 Å². The largest absolute Gasteiger partial charge is 0.496 e. The lowest BCUT2D eigenvalue weighted by Crippen LogP contribution is -2.11. The molecule has 3 aromatic rings. The van der Waals surface area contributed by atoms with Gasteiger partial charge in [0.25, 0.3) is 0 Å². The highest BCUT2D eigenvalue weighted by Crippen LogP contribution is 2.41. The molecule has 1 aliphatic carbocycles. The molecule has 1 aromatic carbocycles. The first kappa shape index (κ1) is 17.7. The van der Waals surface area contributed by atoms with Crippen molar-refractivity contribution in [2.45, 2.75) is 19.8 Å². The second-order valence-corrected chi connectivity index (χ2v) is 6.99. The number of hydrogen-bond donors (Lipinski definition) is 0. The van der Waals surface area contributed by atoms with Crippen molar-refractivity contribution in [3.8, 4) is 22.8 Å². The van der Waals surface area contributed by atoms with Gasteiger partial charge in [-0.2, -0.15) is 5.10 Å². The van der Waals surface area contributed by atoms with Crippen LogP contribution in [0.4, 0.5) is 0 Å². The minimum atomic E-state index is -0.403. The highest BCUT2D eigenvalue weighted by Gasteiger charge is 2.30. The fraction of sp³-hybridized carbons (Fsp3) is 0.250. The lowest BCUT2D eigenvalue weighted by molar-refractivity contribution is 0.0517. The molecule has 0 radical (unpaired) electrons. The Morgan fingerprint density at radius 2 is 2.15 bits per heavy atom. The molecule has 0 amide bonds. The molecule has 6 nitrogen and oxygen atoms in total. The maximum atomic E-state index is 12.5. The summed E-state index contributed by atoms with van der Waals surface area (Å²) in [5.74, 6) is 1.04. The number of carbonyl (C=O) groups is 1. The quantitative estimate of drug-likeness (QED) is 0.589. The summed E-state index contributed by atoms with van der Waals surface area (Å²) in [6, 6.07) is 9.66. The molecule has 2 heterocycles. The Hall–Kier alpha value is -2.67. The summed E-state index contributed by atoms with van der Waals surface area (Å²) in [5.41, 5.74) is 4.28. The molecule has 27 heavy (non-hydrogen) atoms. The van der Waals surface area contributed by atoms with Crippen LogP contribution in [0.1, 0.15) is 28.5 Å². The summed E-state index contributed by atoms with van der Waals surface area (Å²) in [6.07, 6.45) is 3.21. The summed E-state index contributed by atoms with van der Waals surface area (Å²) in [4.78, 5) is 16.9. The van der Waals surface area contributed by atoms with E-state index in [1.54, 1.807) is 24.9 Å². The number of ether oxygens (including phenoxy) is 2. The van der Waals surface area contributed by atoms with Gasteiger partial charge in [-0.15, -0.1) is 0 Å². The summed E-state index contributed by atoms with van der Waals surface area (Å²) < 4.78 is 13.2. The number of nitrogens with zero attached hydrogens (tertiary/aromatic N) is 3. The lowest BCUT2D eigenvalue weighted by atomic mass is 9.88. The molecular formula is C20H18BrN3O3. The van der Waals surface area contributed by atoms with E-state index in [4.69, 9.17) is 9.47 Å². The van der Waals surface area contributed by atoms with Crippen molar-refractivity contribution in [2.24, 2.45) is 0 Å². The molecule has 138 valence electrons. The molecule has 2 aromatic heterocycles. The number of carbonyl (C=O) groups excluding carboxylic acids is 1. The maximum Gasteiger partial charge on any atom is 0.359 e. The first-order valence-corrected chi connectivity index (χ1v) is 9.50. The molecule has 4 rings (SSSR count). The highest BCUT2D eigenvalue weighted by molar-refractivity contribution is 9.10. The molecule has 0 saturated carbocycles. The summed E-state index contributed by atoms with van der Waals surface area (Å²) in [5, 5.41) is 4.58. The predicted molar refractivity (Wildman–Crippen MR) is 104 cm³/mol. The van der Waals surface area contributed by atoms with Crippen molar-refractivity contribution >= 4 is 21.9 Å². The SMILES string of the molecule is CCOC(=O)c1nn(-c2ccccn2)c2c1CCc1cc(OC)c(Br)cc1-2. The van der Waals surface area contributed by atoms with Crippen LogP contribution in [0.15, 0.2) is 41.0 Å².